The van der Waals surface area contributed by atoms with Gasteiger partial charge in [0.2, 0.25) is 0 Å². The third kappa shape index (κ3) is 3.15. The molecule has 3 aromatic rings. The molecule has 4 nitrogen and oxygen atoms in total. The van der Waals surface area contributed by atoms with E-state index < -0.39 is 5.97 Å². The lowest BCUT2D eigenvalue weighted by Crippen LogP contribution is -2.05. The lowest BCUT2D eigenvalue weighted by Gasteiger charge is -2.04. The van der Waals surface area contributed by atoms with E-state index in [-0.39, 0.29) is 6.61 Å². The molecule has 21 heavy (non-hydrogen) atoms. The third-order valence-electron chi connectivity index (χ3n) is 2.82. The highest BCUT2D eigenvalue weighted by Gasteiger charge is 2.11. The average Bonchev–Trinajstić information content (AvgIpc) is 2.86. The molecule has 0 amide bonds. The predicted octanol–water partition coefficient (Wildman–Crippen LogP) is 3.89. The van der Waals surface area contributed by atoms with Crippen LogP contribution in [0.15, 0.2) is 42.5 Å². The number of fused-ring (bicyclic) bond motifs is 1. The first kappa shape index (κ1) is 13.9. The van der Waals surface area contributed by atoms with Gasteiger partial charge in [-0.2, -0.15) is 0 Å². The maximum absolute atomic E-state index is 12.0. The summed E-state index contributed by atoms with van der Waals surface area (Å²) in [4.78, 5) is 16.4. The Morgan fingerprint density at radius 3 is 2.86 bits per heavy atom. The first-order valence-corrected chi connectivity index (χ1v) is 7.39. The largest absolute Gasteiger partial charge is 0.455 e. The van der Waals surface area contributed by atoms with Crippen molar-refractivity contribution >= 4 is 44.8 Å². The van der Waals surface area contributed by atoms with Gasteiger partial charge in [0.1, 0.15) is 11.6 Å². The average molecular weight is 319 g/mol. The van der Waals surface area contributed by atoms with Gasteiger partial charge < -0.3 is 10.5 Å². The number of hydrogen-bond acceptors (Lipinski definition) is 5. The number of rotatable bonds is 3. The molecule has 0 aliphatic carbocycles. The molecule has 0 aliphatic heterocycles. The third-order valence-corrected chi connectivity index (χ3v) is 4.05. The number of para-hydroxylation sites is 1. The molecule has 0 spiro atoms. The van der Waals surface area contributed by atoms with Crippen LogP contribution in [0.2, 0.25) is 5.02 Å². The molecule has 0 saturated heterocycles. The minimum atomic E-state index is -0.469. The second-order valence-electron chi connectivity index (χ2n) is 4.42. The number of carbonyl (C=O) groups is 1. The highest BCUT2D eigenvalue weighted by molar-refractivity contribution is 7.18. The number of benzene rings is 2. The van der Waals surface area contributed by atoms with E-state index in [1.165, 1.54) is 23.5 Å². The van der Waals surface area contributed by atoms with Gasteiger partial charge in [-0.25, -0.2) is 9.78 Å². The number of aromatic nitrogens is 1. The van der Waals surface area contributed by atoms with E-state index in [4.69, 9.17) is 22.1 Å². The molecule has 0 aliphatic rings. The Labute approximate surface area is 130 Å². The molecule has 3 rings (SSSR count). The zero-order valence-corrected chi connectivity index (χ0v) is 12.4. The van der Waals surface area contributed by atoms with Gasteiger partial charge in [0.25, 0.3) is 0 Å². The molecule has 1 aromatic heterocycles. The van der Waals surface area contributed by atoms with Gasteiger partial charge in [-0.05, 0) is 30.3 Å². The molecule has 0 saturated carbocycles. The standard InChI is InChI=1S/C15H11ClN2O2S/c16-10-5-9(6-11(17)7-10)15(19)20-8-14-18-12-3-1-2-4-13(12)21-14/h1-7H,8,17H2. The normalized spacial score (nSPS) is 10.7. The maximum atomic E-state index is 12.0. The Morgan fingerprint density at radius 1 is 1.29 bits per heavy atom. The summed E-state index contributed by atoms with van der Waals surface area (Å²) in [5, 5.41) is 1.15. The number of nitrogens with two attached hydrogens (primary N) is 1. The summed E-state index contributed by atoms with van der Waals surface area (Å²) in [7, 11) is 0. The molecule has 106 valence electrons. The van der Waals surface area contributed by atoms with Crippen molar-refractivity contribution in [2.75, 3.05) is 5.73 Å². The fourth-order valence-corrected chi connectivity index (χ4v) is 3.05. The molecule has 0 unspecified atom stereocenters. The molecule has 6 heteroatoms. The number of ether oxygens (including phenoxy) is 1. The summed E-state index contributed by atoms with van der Waals surface area (Å²) in [6.45, 7) is 0.130. The molecular formula is C15H11ClN2O2S. The van der Waals surface area contributed by atoms with Crippen LogP contribution >= 0.6 is 22.9 Å². The van der Waals surface area contributed by atoms with Crippen LogP contribution in [0.5, 0.6) is 0 Å². The summed E-state index contributed by atoms with van der Waals surface area (Å²) in [6, 6.07) is 12.4. The Bertz CT molecular complexity index is 763. The second-order valence-corrected chi connectivity index (χ2v) is 5.98. The first-order chi connectivity index (χ1) is 10.1. The van der Waals surface area contributed by atoms with E-state index in [1.807, 2.05) is 24.3 Å². The minimum Gasteiger partial charge on any atom is -0.455 e. The van der Waals surface area contributed by atoms with E-state index in [0.717, 1.165) is 15.2 Å². The summed E-state index contributed by atoms with van der Waals surface area (Å²) in [5.41, 5.74) is 7.32. The van der Waals surface area contributed by atoms with E-state index in [0.29, 0.717) is 16.3 Å². The topological polar surface area (TPSA) is 65.2 Å². The highest BCUT2D eigenvalue weighted by atomic mass is 35.5. The van der Waals surface area contributed by atoms with Crippen molar-refractivity contribution in [3.63, 3.8) is 0 Å². The number of esters is 1. The maximum Gasteiger partial charge on any atom is 0.338 e. The number of carbonyl (C=O) groups excluding carboxylic acids is 1. The van der Waals surface area contributed by atoms with Crippen molar-refractivity contribution in [1.82, 2.24) is 4.98 Å². The SMILES string of the molecule is Nc1cc(Cl)cc(C(=O)OCc2nc3ccccc3s2)c1. The van der Waals surface area contributed by atoms with Crippen LogP contribution in [0.25, 0.3) is 10.2 Å². The molecule has 2 N–H and O–H groups in total. The van der Waals surface area contributed by atoms with E-state index >= 15 is 0 Å². The quantitative estimate of drug-likeness (QED) is 0.587. The Morgan fingerprint density at radius 2 is 2.10 bits per heavy atom. The summed E-state index contributed by atoms with van der Waals surface area (Å²) >= 11 is 7.37. The van der Waals surface area contributed by atoms with Crippen molar-refractivity contribution in [2.45, 2.75) is 6.61 Å². The Balaban J connectivity index is 1.73. The van der Waals surface area contributed by atoms with Crippen LogP contribution in [-0.2, 0) is 11.3 Å². The number of anilines is 1. The van der Waals surface area contributed by atoms with Gasteiger partial charge in [-0.15, -0.1) is 11.3 Å². The van der Waals surface area contributed by atoms with E-state index in [9.17, 15) is 4.79 Å². The van der Waals surface area contributed by atoms with Gasteiger partial charge in [0.15, 0.2) is 0 Å². The fourth-order valence-electron chi connectivity index (χ4n) is 1.92. The van der Waals surface area contributed by atoms with Crippen LogP contribution in [0.4, 0.5) is 5.69 Å². The smallest absolute Gasteiger partial charge is 0.338 e. The number of thiazole rings is 1. The summed E-state index contributed by atoms with van der Waals surface area (Å²) < 4.78 is 6.31. The van der Waals surface area contributed by atoms with E-state index in [1.54, 1.807) is 6.07 Å². The van der Waals surface area contributed by atoms with Gasteiger partial charge >= 0.3 is 5.97 Å². The molecular weight excluding hydrogens is 308 g/mol. The number of hydrogen-bond donors (Lipinski definition) is 1. The van der Waals surface area contributed by atoms with Gasteiger partial charge in [0, 0.05) is 10.7 Å². The van der Waals surface area contributed by atoms with Crippen molar-refractivity contribution in [3.8, 4) is 0 Å². The van der Waals surface area contributed by atoms with Crippen LogP contribution in [0.1, 0.15) is 15.4 Å². The second kappa shape index (κ2) is 5.71. The van der Waals surface area contributed by atoms with Crippen LogP contribution in [-0.4, -0.2) is 11.0 Å². The minimum absolute atomic E-state index is 0.130. The lowest BCUT2D eigenvalue weighted by atomic mass is 10.2. The van der Waals surface area contributed by atoms with Crippen molar-refractivity contribution < 1.29 is 9.53 Å². The Kier molecular flexibility index (Phi) is 3.77. The van der Waals surface area contributed by atoms with Gasteiger partial charge in [-0.3, -0.25) is 0 Å². The number of halogens is 1. The number of nitrogens with zero attached hydrogens (tertiary/aromatic N) is 1. The first-order valence-electron chi connectivity index (χ1n) is 6.19. The van der Waals surface area contributed by atoms with Crippen molar-refractivity contribution in [3.05, 3.63) is 58.1 Å². The molecule has 2 aromatic carbocycles. The molecule has 0 fully saturated rings. The monoisotopic (exact) mass is 318 g/mol. The Hall–Kier alpha value is -2.11. The highest BCUT2D eigenvalue weighted by Crippen LogP contribution is 2.23. The van der Waals surface area contributed by atoms with E-state index in [2.05, 4.69) is 4.98 Å². The fraction of sp³-hybridized carbons (Fsp3) is 0.0667. The summed E-state index contributed by atoms with van der Waals surface area (Å²) in [5.74, 6) is -0.469. The van der Waals surface area contributed by atoms with Crippen molar-refractivity contribution in [1.29, 1.82) is 0 Å². The molecule has 1 heterocycles. The molecule has 0 atom stereocenters. The lowest BCUT2D eigenvalue weighted by molar-refractivity contribution is 0.0472. The van der Waals surface area contributed by atoms with Crippen LogP contribution in [0.3, 0.4) is 0 Å². The van der Waals surface area contributed by atoms with Crippen LogP contribution in [0, 0.1) is 0 Å². The van der Waals surface area contributed by atoms with Crippen LogP contribution < -0.4 is 5.73 Å². The van der Waals surface area contributed by atoms with Crippen molar-refractivity contribution in [2.24, 2.45) is 0 Å². The molecule has 0 radical (unpaired) electrons. The van der Waals surface area contributed by atoms with Gasteiger partial charge in [0.05, 0.1) is 15.8 Å². The summed E-state index contributed by atoms with van der Waals surface area (Å²) in [6.07, 6.45) is 0. The zero-order chi connectivity index (χ0) is 14.8. The van der Waals surface area contributed by atoms with Gasteiger partial charge in [-0.1, -0.05) is 23.7 Å². The predicted molar refractivity (Wildman–Crippen MR) is 84.6 cm³/mol. The number of nitrogen functional groups attached to an aromatic ring is 1. The molecule has 0 bridgehead atoms. The zero-order valence-electron chi connectivity index (χ0n) is 10.9.